The topological polar surface area (TPSA) is 87.2 Å². The number of ether oxygens (including phenoxy) is 1. The average Bonchev–Trinajstić information content (AvgIpc) is 2.71. The molecule has 1 aliphatic heterocycles. The van der Waals surface area contributed by atoms with Gasteiger partial charge in [-0.3, -0.25) is 14.5 Å². The summed E-state index contributed by atoms with van der Waals surface area (Å²) in [7, 11) is 0. The molecule has 7 nitrogen and oxygen atoms in total. The van der Waals surface area contributed by atoms with Crippen LogP contribution < -0.4 is 4.74 Å². The quantitative estimate of drug-likeness (QED) is 0.595. The minimum atomic E-state index is -1.05. The second-order valence-electron chi connectivity index (χ2n) is 8.72. The average molecular weight is 473 g/mol. The summed E-state index contributed by atoms with van der Waals surface area (Å²) in [4.78, 5) is 40.5. The van der Waals surface area contributed by atoms with Crippen LogP contribution >= 0.6 is 11.6 Å². The van der Waals surface area contributed by atoms with Crippen molar-refractivity contribution < 1.29 is 24.2 Å². The molecule has 0 radical (unpaired) electrons. The molecule has 0 spiro atoms. The number of aliphatic carboxylic acids is 1. The molecule has 0 saturated carbocycles. The molecule has 1 atom stereocenters. The molecule has 0 bridgehead atoms. The molecule has 2 aromatic carbocycles. The van der Waals surface area contributed by atoms with E-state index in [1.54, 1.807) is 36.1 Å². The summed E-state index contributed by atoms with van der Waals surface area (Å²) in [6, 6.07) is 12.7. The van der Waals surface area contributed by atoms with E-state index in [9.17, 15) is 14.4 Å². The highest BCUT2D eigenvalue weighted by Crippen LogP contribution is 2.34. The first-order chi connectivity index (χ1) is 15.6. The van der Waals surface area contributed by atoms with Gasteiger partial charge >= 0.3 is 12.1 Å². The number of carboxylic acid groups (broad SMARTS) is 1. The van der Waals surface area contributed by atoms with E-state index in [4.69, 9.17) is 21.4 Å². The van der Waals surface area contributed by atoms with Crippen molar-refractivity contribution in [2.75, 3.05) is 13.1 Å². The predicted molar refractivity (Wildman–Crippen MR) is 125 cm³/mol. The highest BCUT2D eigenvalue weighted by molar-refractivity contribution is 6.30. The molecule has 1 N–H and O–H groups in total. The van der Waals surface area contributed by atoms with Crippen molar-refractivity contribution in [2.24, 2.45) is 0 Å². The van der Waals surface area contributed by atoms with E-state index in [2.05, 4.69) is 0 Å². The number of likely N-dealkylation sites (tertiary alicyclic amines) is 1. The Bertz CT molecular complexity index is 1020. The molecule has 1 fully saturated rings. The van der Waals surface area contributed by atoms with E-state index in [1.807, 2.05) is 32.0 Å². The maximum atomic E-state index is 13.6. The predicted octanol–water partition coefficient (Wildman–Crippen LogP) is 4.81. The molecule has 176 valence electrons. The van der Waals surface area contributed by atoms with Crippen LogP contribution in [0.3, 0.4) is 0 Å². The van der Waals surface area contributed by atoms with E-state index < -0.39 is 17.6 Å². The Hall–Kier alpha value is -3.06. The Labute approximate surface area is 198 Å². The zero-order chi connectivity index (χ0) is 24.2. The van der Waals surface area contributed by atoms with Gasteiger partial charge in [-0.25, -0.2) is 4.79 Å². The van der Waals surface area contributed by atoms with Crippen molar-refractivity contribution in [2.45, 2.75) is 52.1 Å². The maximum absolute atomic E-state index is 13.6. The summed E-state index contributed by atoms with van der Waals surface area (Å²) in [6.45, 7) is 6.55. The molecule has 1 unspecified atom stereocenters. The summed E-state index contributed by atoms with van der Waals surface area (Å²) >= 11 is 5.97. The molecular weight excluding hydrogens is 444 g/mol. The number of rotatable bonds is 8. The van der Waals surface area contributed by atoms with Gasteiger partial charge in [0, 0.05) is 31.1 Å². The number of halogens is 1. The van der Waals surface area contributed by atoms with Gasteiger partial charge in [0.05, 0.1) is 0 Å². The minimum absolute atomic E-state index is 0.0421. The van der Waals surface area contributed by atoms with Gasteiger partial charge in [-0.1, -0.05) is 29.8 Å². The second-order valence-corrected chi connectivity index (χ2v) is 9.15. The van der Waals surface area contributed by atoms with Crippen molar-refractivity contribution in [3.8, 4) is 5.75 Å². The fourth-order valence-electron chi connectivity index (χ4n) is 4.05. The van der Waals surface area contributed by atoms with Crippen LogP contribution in [0.5, 0.6) is 5.75 Å². The minimum Gasteiger partial charge on any atom is -0.481 e. The molecule has 2 aromatic rings. The number of nitrogens with zero attached hydrogens (tertiary/aromatic N) is 2. The van der Waals surface area contributed by atoms with Gasteiger partial charge in [0.15, 0.2) is 0 Å². The number of hydrogen-bond acceptors (Lipinski definition) is 4. The van der Waals surface area contributed by atoms with Crippen molar-refractivity contribution in [3.05, 3.63) is 64.2 Å². The zero-order valence-electron chi connectivity index (χ0n) is 19.1. The van der Waals surface area contributed by atoms with Crippen molar-refractivity contribution in [3.63, 3.8) is 0 Å². The van der Waals surface area contributed by atoms with Crippen molar-refractivity contribution in [1.82, 2.24) is 9.80 Å². The zero-order valence-corrected chi connectivity index (χ0v) is 19.9. The molecule has 2 amide bonds. The highest BCUT2D eigenvalue weighted by Gasteiger charge is 2.52. The van der Waals surface area contributed by atoms with Gasteiger partial charge in [-0.05, 0) is 74.6 Å². The normalized spacial score (nSPS) is 17.3. The molecule has 33 heavy (non-hydrogen) atoms. The summed E-state index contributed by atoms with van der Waals surface area (Å²) in [5, 5.41) is 9.60. The molecule has 3 rings (SSSR count). The lowest BCUT2D eigenvalue weighted by Gasteiger charge is -2.49. The van der Waals surface area contributed by atoms with Crippen LogP contribution in [0.2, 0.25) is 5.02 Å². The van der Waals surface area contributed by atoms with Crippen LogP contribution in [0.1, 0.15) is 42.9 Å². The molecule has 0 aromatic heterocycles. The number of carbonyl (C=O) groups is 3. The van der Waals surface area contributed by atoms with Crippen molar-refractivity contribution in [1.29, 1.82) is 0 Å². The van der Waals surface area contributed by atoms with Crippen molar-refractivity contribution >= 4 is 29.6 Å². The van der Waals surface area contributed by atoms with Crippen LogP contribution in [-0.2, 0) is 16.1 Å². The summed E-state index contributed by atoms with van der Waals surface area (Å²) in [6.07, 6.45) is 0.209. The Morgan fingerprint density at radius 2 is 1.76 bits per heavy atom. The first-order valence-electron chi connectivity index (χ1n) is 10.9. The Balaban J connectivity index is 1.75. The van der Waals surface area contributed by atoms with Crippen LogP contribution in [0.25, 0.3) is 0 Å². The smallest absolute Gasteiger partial charge is 0.416 e. The molecular formula is C25H29ClN2O5. The number of aryl methyl sites for hydroxylation is 2. The van der Waals surface area contributed by atoms with E-state index in [0.717, 1.165) is 16.7 Å². The molecule has 1 heterocycles. The van der Waals surface area contributed by atoms with E-state index in [0.29, 0.717) is 36.7 Å². The number of amides is 2. The lowest BCUT2D eigenvalue weighted by molar-refractivity contribution is -0.150. The van der Waals surface area contributed by atoms with Crippen LogP contribution in [0.15, 0.2) is 42.5 Å². The van der Waals surface area contributed by atoms with Gasteiger partial charge in [-0.2, -0.15) is 0 Å². The van der Waals surface area contributed by atoms with E-state index in [1.165, 1.54) is 4.90 Å². The monoisotopic (exact) mass is 472 g/mol. The van der Waals surface area contributed by atoms with Gasteiger partial charge in [0.1, 0.15) is 11.3 Å². The Kier molecular flexibility index (Phi) is 7.64. The molecule has 1 aliphatic rings. The van der Waals surface area contributed by atoms with Gasteiger partial charge in [-0.15, -0.1) is 0 Å². The highest BCUT2D eigenvalue weighted by atomic mass is 35.5. The third-order valence-corrected chi connectivity index (χ3v) is 6.14. The SMILES string of the molecule is Cc1cc(C)cc(OC(=O)N2CCC2(C)C(=O)N(CCCC(=O)O)Cc2ccc(Cl)cc2)c1. The second kappa shape index (κ2) is 10.3. The van der Waals surface area contributed by atoms with Gasteiger partial charge in [0.2, 0.25) is 5.91 Å². The molecule has 1 saturated heterocycles. The lowest BCUT2D eigenvalue weighted by Crippen LogP contribution is -2.68. The van der Waals surface area contributed by atoms with Crippen LogP contribution in [0.4, 0.5) is 4.79 Å². The Morgan fingerprint density at radius 1 is 1.12 bits per heavy atom. The lowest BCUT2D eigenvalue weighted by atomic mass is 9.85. The molecule has 0 aliphatic carbocycles. The number of carbonyl (C=O) groups excluding carboxylic acids is 2. The van der Waals surface area contributed by atoms with Crippen LogP contribution in [0, 0.1) is 13.8 Å². The Morgan fingerprint density at radius 3 is 2.30 bits per heavy atom. The first kappa shape index (κ1) is 24.6. The third kappa shape index (κ3) is 6.05. The third-order valence-electron chi connectivity index (χ3n) is 5.89. The van der Waals surface area contributed by atoms with E-state index in [-0.39, 0.29) is 18.9 Å². The fourth-order valence-corrected chi connectivity index (χ4v) is 4.17. The fraction of sp³-hybridized carbons (Fsp3) is 0.400. The number of hydrogen-bond donors (Lipinski definition) is 1. The van der Waals surface area contributed by atoms with Gasteiger partial charge < -0.3 is 14.7 Å². The summed E-state index contributed by atoms with van der Waals surface area (Å²) in [5.74, 6) is -0.701. The number of carboxylic acids is 1. The van der Waals surface area contributed by atoms with Gasteiger partial charge in [0.25, 0.3) is 0 Å². The number of benzene rings is 2. The standard InChI is InChI=1S/C25H29ClN2O5/c1-17-13-18(2)15-21(14-17)33-24(32)28-12-10-25(28,3)23(31)27(11-4-5-22(29)30)16-19-6-8-20(26)9-7-19/h6-9,13-15H,4-5,10-12,16H2,1-3H3,(H,29,30). The van der Waals surface area contributed by atoms with E-state index >= 15 is 0 Å². The summed E-state index contributed by atoms with van der Waals surface area (Å²) in [5.41, 5.74) is 1.78. The van der Waals surface area contributed by atoms with Crippen LogP contribution in [-0.4, -0.2) is 51.5 Å². The summed E-state index contributed by atoms with van der Waals surface area (Å²) < 4.78 is 5.57. The first-order valence-corrected chi connectivity index (χ1v) is 11.3. The maximum Gasteiger partial charge on any atom is 0.416 e. The largest absolute Gasteiger partial charge is 0.481 e. The molecule has 8 heteroatoms.